The number of ether oxygens (including phenoxy) is 2. The van der Waals surface area contributed by atoms with E-state index in [2.05, 4.69) is 16.9 Å². The average Bonchev–Trinajstić information content (AvgIpc) is 3.45. The second-order valence-corrected chi connectivity index (χ2v) is 9.98. The van der Waals surface area contributed by atoms with Crippen LogP contribution in [0.1, 0.15) is 22.3 Å². The standard InChI is InChI=1S/C31H28N2O5S/c1-23-21-27(12-15-30(23)38-22-31(34)35)37-20-16-29(26-10-13-28(14-11-26)39(2)36)25-8-6-24(7-9-25)5-3-18-33-19-4-17-32-33/h4,6-17,19,21H,18,20,22H2,1-2H3,(H,34,35)/b29-16+. The van der Waals surface area contributed by atoms with Crippen LogP contribution < -0.4 is 9.47 Å². The lowest BCUT2D eigenvalue weighted by Crippen LogP contribution is -2.10. The third-order valence-electron chi connectivity index (χ3n) is 5.76. The Labute approximate surface area is 230 Å². The Balaban J connectivity index is 1.52. The van der Waals surface area contributed by atoms with Crippen LogP contribution in [0.5, 0.6) is 11.5 Å². The minimum Gasteiger partial charge on any atom is -0.612 e. The molecular formula is C31H28N2O5S. The van der Waals surface area contributed by atoms with Gasteiger partial charge in [-0.2, -0.15) is 5.10 Å². The topological polar surface area (TPSA) is 96.6 Å². The molecule has 0 aliphatic carbocycles. The van der Waals surface area contributed by atoms with Crippen molar-refractivity contribution >= 4 is 22.7 Å². The number of aryl methyl sites for hydroxylation is 1. The van der Waals surface area contributed by atoms with E-state index >= 15 is 0 Å². The van der Waals surface area contributed by atoms with Gasteiger partial charge in [0.25, 0.3) is 0 Å². The Morgan fingerprint density at radius 2 is 1.79 bits per heavy atom. The van der Waals surface area contributed by atoms with E-state index in [0.29, 0.717) is 24.7 Å². The van der Waals surface area contributed by atoms with E-state index in [9.17, 15) is 9.35 Å². The van der Waals surface area contributed by atoms with Crippen LogP contribution in [0, 0.1) is 18.8 Å². The Kier molecular flexibility index (Phi) is 9.46. The van der Waals surface area contributed by atoms with Gasteiger partial charge in [-0.1, -0.05) is 24.0 Å². The largest absolute Gasteiger partial charge is 0.612 e. The number of aromatic nitrogens is 2. The van der Waals surface area contributed by atoms with Gasteiger partial charge in [-0.25, -0.2) is 4.79 Å². The highest BCUT2D eigenvalue weighted by Crippen LogP contribution is 2.27. The highest BCUT2D eigenvalue weighted by Gasteiger charge is 2.10. The average molecular weight is 541 g/mol. The van der Waals surface area contributed by atoms with Crippen LogP contribution in [0.4, 0.5) is 0 Å². The number of hydrogen-bond donors (Lipinski definition) is 1. The summed E-state index contributed by atoms with van der Waals surface area (Å²) >= 11 is -1.06. The third kappa shape index (κ3) is 8.01. The molecule has 1 aromatic heterocycles. The van der Waals surface area contributed by atoms with E-state index in [1.165, 1.54) is 0 Å². The Bertz CT molecular complexity index is 1480. The monoisotopic (exact) mass is 540 g/mol. The first-order valence-corrected chi connectivity index (χ1v) is 13.7. The van der Waals surface area contributed by atoms with Crippen molar-refractivity contribution in [2.75, 3.05) is 19.5 Å². The van der Waals surface area contributed by atoms with Crippen LogP contribution in [0.25, 0.3) is 5.57 Å². The normalized spacial score (nSPS) is 11.8. The lowest BCUT2D eigenvalue weighted by Gasteiger charge is -2.12. The maximum atomic E-state index is 11.9. The number of carboxylic acids is 1. The Morgan fingerprint density at radius 3 is 2.41 bits per heavy atom. The van der Waals surface area contributed by atoms with Crippen molar-refractivity contribution in [1.29, 1.82) is 0 Å². The van der Waals surface area contributed by atoms with Gasteiger partial charge in [-0.3, -0.25) is 4.68 Å². The predicted octanol–water partition coefficient (Wildman–Crippen LogP) is 4.95. The van der Waals surface area contributed by atoms with E-state index in [1.807, 2.05) is 79.9 Å². The van der Waals surface area contributed by atoms with Gasteiger partial charge in [0.15, 0.2) is 11.5 Å². The quantitative estimate of drug-likeness (QED) is 0.226. The van der Waals surface area contributed by atoms with E-state index in [4.69, 9.17) is 14.6 Å². The summed E-state index contributed by atoms with van der Waals surface area (Å²) in [5.41, 5.74) is 4.62. The molecular weight excluding hydrogens is 512 g/mol. The van der Waals surface area contributed by atoms with Crippen molar-refractivity contribution in [3.8, 4) is 23.3 Å². The highest BCUT2D eigenvalue weighted by atomic mass is 32.2. The number of benzene rings is 3. The van der Waals surface area contributed by atoms with Gasteiger partial charge < -0.3 is 19.1 Å². The van der Waals surface area contributed by atoms with Crippen LogP contribution in [0.3, 0.4) is 0 Å². The molecule has 0 saturated carbocycles. The maximum Gasteiger partial charge on any atom is 0.341 e. The summed E-state index contributed by atoms with van der Waals surface area (Å²) in [6, 6.07) is 22.8. The molecule has 7 nitrogen and oxygen atoms in total. The van der Waals surface area contributed by atoms with Crippen molar-refractivity contribution in [2.45, 2.75) is 18.4 Å². The van der Waals surface area contributed by atoms with Gasteiger partial charge in [0.2, 0.25) is 0 Å². The maximum absolute atomic E-state index is 11.9. The fourth-order valence-electron chi connectivity index (χ4n) is 3.81. The summed E-state index contributed by atoms with van der Waals surface area (Å²) < 4.78 is 24.9. The molecule has 0 spiro atoms. The van der Waals surface area contributed by atoms with Crippen LogP contribution in [0.15, 0.2) is 96.2 Å². The van der Waals surface area contributed by atoms with Crippen molar-refractivity contribution in [1.82, 2.24) is 9.78 Å². The van der Waals surface area contributed by atoms with Gasteiger partial charge >= 0.3 is 5.97 Å². The fraction of sp³-hybridized carbons (Fsp3) is 0.161. The van der Waals surface area contributed by atoms with Crippen molar-refractivity contribution < 1.29 is 23.9 Å². The van der Waals surface area contributed by atoms with Gasteiger partial charge in [0.1, 0.15) is 30.9 Å². The summed E-state index contributed by atoms with van der Waals surface area (Å²) in [6.07, 6.45) is 7.26. The molecule has 1 unspecified atom stereocenters. The molecule has 0 radical (unpaired) electrons. The Hall–Kier alpha value is -4.45. The zero-order valence-corrected chi connectivity index (χ0v) is 22.5. The molecule has 0 saturated heterocycles. The van der Waals surface area contributed by atoms with E-state index in [1.54, 1.807) is 29.3 Å². The van der Waals surface area contributed by atoms with Crippen LogP contribution in [-0.2, 0) is 22.5 Å². The first kappa shape index (κ1) is 27.6. The highest BCUT2D eigenvalue weighted by molar-refractivity contribution is 7.90. The molecule has 0 aliphatic heterocycles. The van der Waals surface area contributed by atoms with E-state index in [0.717, 1.165) is 32.7 Å². The van der Waals surface area contributed by atoms with Crippen molar-refractivity contribution in [2.24, 2.45) is 0 Å². The molecule has 4 aromatic rings. The SMILES string of the molecule is Cc1cc(OC/C=C(\c2ccc(C#CCn3cccn3)cc2)c2ccc([S+](C)[O-])cc2)ccc1OCC(=O)O. The zero-order valence-electron chi connectivity index (χ0n) is 21.7. The molecule has 39 heavy (non-hydrogen) atoms. The zero-order chi connectivity index (χ0) is 27.6. The van der Waals surface area contributed by atoms with Crippen LogP contribution in [0.2, 0.25) is 0 Å². The molecule has 198 valence electrons. The number of carboxylic acid groups (broad SMARTS) is 1. The van der Waals surface area contributed by atoms with E-state index < -0.39 is 23.8 Å². The van der Waals surface area contributed by atoms with Gasteiger partial charge in [0.05, 0.1) is 0 Å². The molecule has 0 fully saturated rings. The van der Waals surface area contributed by atoms with Crippen LogP contribution >= 0.6 is 0 Å². The third-order valence-corrected chi connectivity index (χ3v) is 6.70. The minimum atomic E-state index is -1.06. The summed E-state index contributed by atoms with van der Waals surface area (Å²) in [7, 11) is 0. The minimum absolute atomic E-state index is 0.303. The van der Waals surface area contributed by atoms with Crippen molar-refractivity contribution in [3.05, 3.63) is 114 Å². The molecule has 3 aromatic carbocycles. The lowest BCUT2D eigenvalue weighted by molar-refractivity contribution is -0.139. The van der Waals surface area contributed by atoms with Crippen LogP contribution in [-0.4, -0.2) is 44.9 Å². The number of nitrogens with zero attached hydrogens (tertiary/aromatic N) is 2. The summed E-state index contributed by atoms with van der Waals surface area (Å²) in [6.45, 7) is 2.27. The smallest absolute Gasteiger partial charge is 0.341 e. The molecule has 0 amide bonds. The molecule has 0 bridgehead atoms. The molecule has 8 heteroatoms. The molecule has 0 aliphatic rings. The second-order valence-electron chi connectivity index (χ2n) is 8.60. The molecule has 1 heterocycles. The first-order valence-electron chi connectivity index (χ1n) is 12.2. The van der Waals surface area contributed by atoms with Gasteiger partial charge in [-0.15, -0.1) is 0 Å². The lowest BCUT2D eigenvalue weighted by atomic mass is 9.97. The number of carbonyl (C=O) groups is 1. The number of hydrogen-bond acceptors (Lipinski definition) is 5. The van der Waals surface area contributed by atoms with Gasteiger partial charge in [0, 0.05) is 18.0 Å². The van der Waals surface area contributed by atoms with E-state index in [-0.39, 0.29) is 0 Å². The summed E-state index contributed by atoms with van der Waals surface area (Å²) in [5, 5.41) is 13.0. The summed E-state index contributed by atoms with van der Waals surface area (Å²) in [4.78, 5) is 11.5. The number of rotatable bonds is 10. The number of aliphatic carboxylic acids is 1. The fourth-order valence-corrected chi connectivity index (χ4v) is 4.33. The molecule has 1 atom stereocenters. The van der Waals surface area contributed by atoms with Crippen molar-refractivity contribution in [3.63, 3.8) is 0 Å². The molecule has 1 N–H and O–H groups in total. The summed E-state index contributed by atoms with van der Waals surface area (Å²) in [5.74, 6) is 6.41. The second kappa shape index (κ2) is 13.4. The predicted molar refractivity (Wildman–Crippen MR) is 151 cm³/mol. The molecule has 4 rings (SSSR count). The Morgan fingerprint density at radius 1 is 1.08 bits per heavy atom. The van der Waals surface area contributed by atoms with Gasteiger partial charge in [-0.05, 0) is 107 Å². The first-order chi connectivity index (χ1) is 18.9.